The molecule has 27 heavy (non-hydrogen) atoms. The molecule has 6 nitrogen and oxygen atoms in total. The smallest absolute Gasteiger partial charge is 0.270 e. The van der Waals surface area contributed by atoms with Crippen LogP contribution in [0.15, 0.2) is 72.8 Å². The summed E-state index contributed by atoms with van der Waals surface area (Å²) in [7, 11) is 0. The monoisotopic (exact) mass is 365 g/mol. The van der Waals surface area contributed by atoms with Crippen molar-refractivity contribution >= 4 is 23.0 Å². The van der Waals surface area contributed by atoms with Gasteiger partial charge in [0.25, 0.3) is 11.6 Å². The minimum atomic E-state index is -0.560. The Kier molecular flexibility index (Phi) is 5.41. The quantitative estimate of drug-likeness (QED) is 0.494. The van der Waals surface area contributed by atoms with Gasteiger partial charge in [-0.05, 0) is 35.9 Å². The Balaban J connectivity index is 1.85. The molecule has 0 aliphatic heterocycles. The van der Waals surface area contributed by atoms with Gasteiger partial charge < -0.3 is 10.6 Å². The summed E-state index contributed by atoms with van der Waals surface area (Å²) >= 11 is 0. The molecule has 136 valence electrons. The lowest BCUT2D eigenvalue weighted by Gasteiger charge is -2.12. The van der Waals surface area contributed by atoms with Crippen molar-refractivity contribution in [2.75, 3.05) is 10.6 Å². The van der Waals surface area contributed by atoms with Crippen LogP contribution in [-0.2, 0) is 6.54 Å². The van der Waals surface area contributed by atoms with E-state index < -0.39 is 16.6 Å². The molecule has 0 aromatic heterocycles. The number of amides is 1. The molecule has 3 rings (SSSR count). The predicted molar refractivity (Wildman–Crippen MR) is 101 cm³/mol. The van der Waals surface area contributed by atoms with E-state index in [-0.39, 0.29) is 11.3 Å². The Hall–Kier alpha value is -3.74. The highest BCUT2D eigenvalue weighted by Gasteiger charge is 2.17. The first-order valence-corrected chi connectivity index (χ1v) is 8.16. The number of hydrogen-bond donors (Lipinski definition) is 2. The molecule has 0 spiro atoms. The van der Waals surface area contributed by atoms with Crippen molar-refractivity contribution in [3.8, 4) is 0 Å². The van der Waals surface area contributed by atoms with Gasteiger partial charge >= 0.3 is 0 Å². The summed E-state index contributed by atoms with van der Waals surface area (Å²) in [5.74, 6) is -0.950. The van der Waals surface area contributed by atoms with Gasteiger partial charge in [0.2, 0.25) is 0 Å². The zero-order valence-electron chi connectivity index (χ0n) is 14.2. The molecule has 0 unspecified atom stereocenters. The number of non-ortho nitro benzene ring substituents is 1. The lowest BCUT2D eigenvalue weighted by molar-refractivity contribution is -0.384. The van der Waals surface area contributed by atoms with E-state index in [1.54, 1.807) is 0 Å². The van der Waals surface area contributed by atoms with E-state index in [2.05, 4.69) is 10.6 Å². The van der Waals surface area contributed by atoms with Crippen LogP contribution in [0.2, 0.25) is 0 Å². The van der Waals surface area contributed by atoms with Crippen LogP contribution < -0.4 is 10.6 Å². The highest BCUT2D eigenvalue weighted by Crippen LogP contribution is 2.24. The van der Waals surface area contributed by atoms with Crippen LogP contribution >= 0.6 is 0 Å². The average Bonchev–Trinajstić information content (AvgIpc) is 2.68. The van der Waals surface area contributed by atoms with Gasteiger partial charge in [0.05, 0.1) is 10.5 Å². The highest BCUT2D eigenvalue weighted by atomic mass is 19.1. The first kappa shape index (κ1) is 18.1. The summed E-state index contributed by atoms with van der Waals surface area (Å²) in [6.45, 7) is 0.454. The molecule has 0 aliphatic rings. The molecular formula is C20H16FN3O3. The molecule has 0 aliphatic carbocycles. The number of carbonyl (C=O) groups excluding carboxylic acids is 1. The van der Waals surface area contributed by atoms with E-state index in [0.717, 1.165) is 5.56 Å². The Labute approximate surface area is 154 Å². The Bertz CT molecular complexity index is 960. The number of hydrogen-bond acceptors (Lipinski definition) is 4. The van der Waals surface area contributed by atoms with Crippen molar-refractivity contribution < 1.29 is 14.1 Å². The Morgan fingerprint density at radius 3 is 2.37 bits per heavy atom. The van der Waals surface area contributed by atoms with Crippen LogP contribution in [0.25, 0.3) is 0 Å². The lowest BCUT2D eigenvalue weighted by Crippen LogP contribution is -2.15. The zero-order chi connectivity index (χ0) is 19.2. The molecule has 0 fully saturated rings. The molecule has 1 amide bonds. The van der Waals surface area contributed by atoms with E-state index in [1.165, 1.54) is 42.5 Å². The largest absolute Gasteiger partial charge is 0.380 e. The normalized spacial score (nSPS) is 10.3. The van der Waals surface area contributed by atoms with Gasteiger partial charge in [0.15, 0.2) is 0 Å². The van der Waals surface area contributed by atoms with Gasteiger partial charge in [-0.25, -0.2) is 4.39 Å². The maximum absolute atomic E-state index is 13.0. The van der Waals surface area contributed by atoms with Gasteiger partial charge in [-0.1, -0.05) is 30.3 Å². The fraction of sp³-hybridized carbons (Fsp3) is 0.0500. The minimum Gasteiger partial charge on any atom is -0.380 e. The molecule has 7 heteroatoms. The molecule has 0 saturated carbocycles. The van der Waals surface area contributed by atoms with Gasteiger partial charge in [0.1, 0.15) is 5.82 Å². The molecule has 0 saturated heterocycles. The SMILES string of the molecule is O=C(Nc1ccc(F)cc1)c1cc([N+](=O)[O-])ccc1NCc1ccccc1. The van der Waals surface area contributed by atoms with Gasteiger partial charge in [0, 0.05) is 30.1 Å². The van der Waals surface area contributed by atoms with Crippen molar-refractivity contribution in [1.29, 1.82) is 0 Å². The third-order valence-electron chi connectivity index (χ3n) is 3.89. The summed E-state index contributed by atoms with van der Waals surface area (Å²) < 4.78 is 13.0. The molecule has 3 aromatic rings. The fourth-order valence-electron chi connectivity index (χ4n) is 2.51. The van der Waals surface area contributed by atoms with Crippen molar-refractivity contribution in [3.05, 3.63) is 99.9 Å². The molecule has 0 atom stereocenters. The van der Waals surface area contributed by atoms with Crippen LogP contribution in [0.1, 0.15) is 15.9 Å². The maximum atomic E-state index is 13.0. The number of rotatable bonds is 6. The van der Waals surface area contributed by atoms with E-state index >= 15 is 0 Å². The number of anilines is 2. The number of nitrogens with one attached hydrogen (secondary N) is 2. The van der Waals surface area contributed by atoms with E-state index in [9.17, 15) is 19.3 Å². The summed E-state index contributed by atoms with van der Waals surface area (Å²) in [4.78, 5) is 23.2. The topological polar surface area (TPSA) is 84.3 Å². The van der Waals surface area contributed by atoms with Crippen LogP contribution in [0, 0.1) is 15.9 Å². The maximum Gasteiger partial charge on any atom is 0.270 e. The first-order chi connectivity index (χ1) is 13.0. The standard InChI is InChI=1S/C20H16FN3O3/c21-15-6-8-16(9-7-15)23-20(25)18-12-17(24(26)27)10-11-19(18)22-13-14-4-2-1-3-5-14/h1-12,22H,13H2,(H,23,25). The highest BCUT2D eigenvalue weighted by molar-refractivity contribution is 6.08. The number of halogens is 1. The minimum absolute atomic E-state index is 0.129. The molecule has 3 aromatic carbocycles. The predicted octanol–water partition coefficient (Wildman–Crippen LogP) is 4.60. The van der Waals surface area contributed by atoms with E-state index in [0.29, 0.717) is 17.9 Å². The third-order valence-corrected chi connectivity index (χ3v) is 3.89. The van der Waals surface area contributed by atoms with E-state index in [4.69, 9.17) is 0 Å². The average molecular weight is 365 g/mol. The number of benzene rings is 3. The van der Waals surface area contributed by atoms with Crippen molar-refractivity contribution in [2.24, 2.45) is 0 Å². The van der Waals surface area contributed by atoms with Crippen molar-refractivity contribution in [3.63, 3.8) is 0 Å². The molecule has 0 bridgehead atoms. The second kappa shape index (κ2) is 8.09. The summed E-state index contributed by atoms with van der Waals surface area (Å²) in [5, 5.41) is 16.8. The summed E-state index contributed by atoms with van der Waals surface area (Å²) in [6.07, 6.45) is 0. The zero-order valence-corrected chi connectivity index (χ0v) is 14.2. The Morgan fingerprint density at radius 2 is 1.70 bits per heavy atom. The second-order valence-corrected chi connectivity index (χ2v) is 5.79. The van der Waals surface area contributed by atoms with Gasteiger partial charge in [-0.15, -0.1) is 0 Å². The molecule has 0 heterocycles. The number of carbonyl (C=O) groups is 1. The molecule has 0 radical (unpaired) electrons. The van der Waals surface area contributed by atoms with Crippen LogP contribution in [0.3, 0.4) is 0 Å². The van der Waals surface area contributed by atoms with Crippen molar-refractivity contribution in [1.82, 2.24) is 0 Å². The molecule has 2 N–H and O–H groups in total. The summed E-state index contributed by atoms with van der Waals surface area (Å²) in [5.41, 5.74) is 1.79. The van der Waals surface area contributed by atoms with Crippen LogP contribution in [0.5, 0.6) is 0 Å². The number of nitro groups is 1. The third kappa shape index (κ3) is 4.66. The fourth-order valence-corrected chi connectivity index (χ4v) is 2.51. The first-order valence-electron chi connectivity index (χ1n) is 8.16. The van der Waals surface area contributed by atoms with Crippen molar-refractivity contribution in [2.45, 2.75) is 6.54 Å². The second-order valence-electron chi connectivity index (χ2n) is 5.79. The lowest BCUT2D eigenvalue weighted by atomic mass is 10.1. The van der Waals surface area contributed by atoms with Gasteiger partial charge in [-0.2, -0.15) is 0 Å². The number of nitrogens with zero attached hydrogens (tertiary/aromatic N) is 1. The summed E-state index contributed by atoms with van der Waals surface area (Å²) in [6, 6.07) is 18.9. The van der Waals surface area contributed by atoms with E-state index in [1.807, 2.05) is 30.3 Å². The van der Waals surface area contributed by atoms with Gasteiger partial charge in [-0.3, -0.25) is 14.9 Å². The molecular weight excluding hydrogens is 349 g/mol. The van der Waals surface area contributed by atoms with Crippen LogP contribution in [-0.4, -0.2) is 10.8 Å². The van der Waals surface area contributed by atoms with Crippen LogP contribution in [0.4, 0.5) is 21.5 Å². The Morgan fingerprint density at radius 1 is 1.00 bits per heavy atom. The number of nitro benzene ring substituents is 1.